The maximum atomic E-state index is 12.9. The average molecular weight is 466 g/mol. The third-order valence-corrected chi connectivity index (χ3v) is 9.45. The molecule has 0 unspecified atom stereocenters. The molecular weight excluding hydrogens is 435 g/mol. The second-order valence-electron chi connectivity index (χ2n) is 10.1. The van der Waals surface area contributed by atoms with Crippen molar-refractivity contribution in [3.8, 4) is 0 Å². The molecular formula is C25H31BN2O4S. The minimum atomic E-state index is -3.43. The Bertz CT molecular complexity index is 1250. The normalized spacial score (nSPS) is 21.6. The molecule has 1 aromatic heterocycles. The molecule has 0 atom stereocenters. The van der Waals surface area contributed by atoms with Crippen LogP contribution in [-0.2, 0) is 19.3 Å². The first-order valence-corrected chi connectivity index (χ1v) is 13.0. The number of sulfonamides is 1. The predicted molar refractivity (Wildman–Crippen MR) is 131 cm³/mol. The quantitative estimate of drug-likeness (QED) is 0.590. The molecule has 2 aliphatic heterocycles. The number of fused-ring (bicyclic) bond motifs is 1. The maximum Gasteiger partial charge on any atom is 0.494 e. The van der Waals surface area contributed by atoms with Crippen molar-refractivity contribution in [2.24, 2.45) is 0 Å². The van der Waals surface area contributed by atoms with Gasteiger partial charge in [0, 0.05) is 30.2 Å². The van der Waals surface area contributed by atoms with Gasteiger partial charge in [-0.1, -0.05) is 30.3 Å². The number of benzene rings is 2. The first-order valence-electron chi connectivity index (χ1n) is 11.6. The number of nitrogens with one attached hydrogen (secondary N) is 1. The van der Waals surface area contributed by atoms with E-state index in [4.69, 9.17) is 9.31 Å². The smallest absolute Gasteiger partial charge is 0.399 e. The third-order valence-electron chi connectivity index (χ3n) is 7.54. The number of H-pyrrole nitrogens is 1. The summed E-state index contributed by atoms with van der Waals surface area (Å²) in [5.41, 5.74) is 2.56. The summed E-state index contributed by atoms with van der Waals surface area (Å²) in [4.78, 5) is 3.78. The van der Waals surface area contributed by atoms with Crippen LogP contribution >= 0.6 is 0 Å². The Balaban J connectivity index is 1.32. The molecule has 1 N–H and O–H groups in total. The highest BCUT2D eigenvalue weighted by molar-refractivity contribution is 7.89. The Morgan fingerprint density at radius 2 is 1.61 bits per heavy atom. The summed E-state index contributed by atoms with van der Waals surface area (Å²) in [7, 11) is -3.82. The first-order chi connectivity index (χ1) is 15.6. The van der Waals surface area contributed by atoms with E-state index in [1.807, 2.05) is 6.07 Å². The summed E-state index contributed by atoms with van der Waals surface area (Å²) < 4.78 is 39.9. The SMILES string of the molecule is CC1(C)OB(c2ccc3c(C4CCN(S(=O)(=O)c5ccccc5)CC4)c[nH]c3c2)OC1(C)C. The molecule has 2 fully saturated rings. The monoisotopic (exact) mass is 466 g/mol. The molecule has 0 amide bonds. The van der Waals surface area contributed by atoms with Gasteiger partial charge in [0.1, 0.15) is 0 Å². The van der Waals surface area contributed by atoms with Gasteiger partial charge in [0.25, 0.3) is 0 Å². The lowest BCUT2D eigenvalue weighted by atomic mass is 9.78. The molecule has 2 aromatic carbocycles. The van der Waals surface area contributed by atoms with Crippen LogP contribution in [-0.4, -0.2) is 49.1 Å². The van der Waals surface area contributed by atoms with E-state index < -0.39 is 17.1 Å². The molecule has 2 saturated heterocycles. The van der Waals surface area contributed by atoms with E-state index in [1.54, 1.807) is 28.6 Å². The van der Waals surface area contributed by atoms with Gasteiger partial charge in [0.05, 0.1) is 16.1 Å². The second kappa shape index (κ2) is 7.98. The highest BCUT2D eigenvalue weighted by Gasteiger charge is 2.51. The Hall–Kier alpha value is -2.13. The molecule has 33 heavy (non-hydrogen) atoms. The summed E-state index contributed by atoms with van der Waals surface area (Å²) in [6.07, 6.45) is 3.68. The van der Waals surface area contributed by atoms with Crippen molar-refractivity contribution >= 4 is 33.5 Å². The van der Waals surface area contributed by atoms with Crippen LogP contribution in [0.2, 0.25) is 0 Å². The van der Waals surface area contributed by atoms with Gasteiger partial charge in [-0.2, -0.15) is 4.31 Å². The fourth-order valence-electron chi connectivity index (χ4n) is 4.78. The number of rotatable bonds is 4. The first kappa shape index (κ1) is 22.7. The number of hydrogen-bond donors (Lipinski definition) is 1. The van der Waals surface area contributed by atoms with E-state index in [9.17, 15) is 8.42 Å². The zero-order valence-electron chi connectivity index (χ0n) is 19.7. The van der Waals surface area contributed by atoms with E-state index in [-0.39, 0.29) is 11.2 Å². The molecule has 6 nitrogen and oxygen atoms in total. The van der Waals surface area contributed by atoms with Crippen LogP contribution in [0.4, 0.5) is 0 Å². The fraction of sp³-hybridized carbons (Fsp3) is 0.440. The van der Waals surface area contributed by atoms with Crippen LogP contribution in [0.3, 0.4) is 0 Å². The predicted octanol–water partition coefficient (Wildman–Crippen LogP) is 4.04. The van der Waals surface area contributed by atoms with Gasteiger partial charge < -0.3 is 14.3 Å². The summed E-state index contributed by atoms with van der Waals surface area (Å²) in [6, 6.07) is 15.0. The summed E-state index contributed by atoms with van der Waals surface area (Å²) in [5, 5.41) is 1.18. The van der Waals surface area contributed by atoms with Crippen LogP contribution < -0.4 is 5.46 Å². The third kappa shape index (κ3) is 3.93. The van der Waals surface area contributed by atoms with Crippen molar-refractivity contribution in [3.63, 3.8) is 0 Å². The van der Waals surface area contributed by atoms with E-state index >= 15 is 0 Å². The minimum absolute atomic E-state index is 0.323. The van der Waals surface area contributed by atoms with Gasteiger partial charge in [-0.25, -0.2) is 8.42 Å². The number of aromatic nitrogens is 1. The lowest BCUT2D eigenvalue weighted by molar-refractivity contribution is 0.00578. The fourth-order valence-corrected chi connectivity index (χ4v) is 6.27. The van der Waals surface area contributed by atoms with Crippen molar-refractivity contribution in [1.82, 2.24) is 9.29 Å². The minimum Gasteiger partial charge on any atom is -0.399 e. The highest BCUT2D eigenvalue weighted by Crippen LogP contribution is 2.38. The summed E-state index contributed by atoms with van der Waals surface area (Å²) in [5.74, 6) is 0.323. The zero-order chi connectivity index (χ0) is 23.4. The molecule has 0 saturated carbocycles. The standard InChI is InChI=1S/C25H31BN2O4S/c1-24(2)25(3,4)32-26(31-24)19-10-11-21-22(17-27-23(21)16-19)18-12-14-28(15-13-18)33(29,30)20-8-6-5-7-9-20/h5-11,16-18,27H,12-15H2,1-4H3. The van der Waals surface area contributed by atoms with Gasteiger partial charge in [-0.15, -0.1) is 0 Å². The Morgan fingerprint density at radius 1 is 0.970 bits per heavy atom. The van der Waals surface area contributed by atoms with Gasteiger partial charge in [-0.3, -0.25) is 0 Å². The van der Waals surface area contributed by atoms with Crippen molar-refractivity contribution in [2.45, 2.75) is 62.6 Å². The summed E-state index contributed by atoms with van der Waals surface area (Å²) in [6.45, 7) is 9.29. The topological polar surface area (TPSA) is 71.6 Å². The largest absolute Gasteiger partial charge is 0.494 e. The molecule has 5 rings (SSSR count). The number of nitrogens with zero attached hydrogens (tertiary/aromatic N) is 1. The molecule has 0 bridgehead atoms. The van der Waals surface area contributed by atoms with Crippen LogP contribution in [0, 0.1) is 0 Å². The van der Waals surface area contributed by atoms with E-state index in [0.717, 1.165) is 23.8 Å². The number of piperidine rings is 1. The Kier molecular flexibility index (Phi) is 5.48. The lowest BCUT2D eigenvalue weighted by Gasteiger charge is -2.32. The van der Waals surface area contributed by atoms with E-state index in [2.05, 4.69) is 57.1 Å². The van der Waals surface area contributed by atoms with E-state index in [0.29, 0.717) is 23.9 Å². The molecule has 3 aromatic rings. The molecule has 2 aliphatic rings. The Labute approximate surface area is 196 Å². The molecule has 0 radical (unpaired) electrons. The Morgan fingerprint density at radius 3 is 2.24 bits per heavy atom. The van der Waals surface area contributed by atoms with Gasteiger partial charge in [-0.05, 0) is 75.7 Å². The van der Waals surface area contributed by atoms with Crippen LogP contribution in [0.5, 0.6) is 0 Å². The zero-order valence-corrected chi connectivity index (χ0v) is 20.5. The highest BCUT2D eigenvalue weighted by atomic mass is 32.2. The number of aromatic amines is 1. The van der Waals surface area contributed by atoms with Crippen LogP contribution in [0.15, 0.2) is 59.6 Å². The molecule has 174 valence electrons. The second-order valence-corrected chi connectivity index (χ2v) is 12.1. The van der Waals surface area contributed by atoms with Gasteiger partial charge in [0.2, 0.25) is 10.0 Å². The summed E-state index contributed by atoms with van der Waals surface area (Å²) >= 11 is 0. The van der Waals surface area contributed by atoms with Gasteiger partial charge >= 0.3 is 7.12 Å². The molecule has 3 heterocycles. The molecule has 0 aliphatic carbocycles. The maximum absolute atomic E-state index is 12.9. The molecule has 8 heteroatoms. The average Bonchev–Trinajstić information content (AvgIpc) is 3.31. The van der Waals surface area contributed by atoms with Crippen molar-refractivity contribution in [1.29, 1.82) is 0 Å². The van der Waals surface area contributed by atoms with Crippen LogP contribution in [0.1, 0.15) is 52.0 Å². The van der Waals surface area contributed by atoms with Crippen LogP contribution in [0.25, 0.3) is 10.9 Å². The number of hydrogen-bond acceptors (Lipinski definition) is 4. The van der Waals surface area contributed by atoms with Gasteiger partial charge in [0.15, 0.2) is 0 Å². The van der Waals surface area contributed by atoms with Crippen molar-refractivity contribution in [3.05, 3.63) is 60.3 Å². The van der Waals surface area contributed by atoms with Crippen molar-refractivity contribution in [2.75, 3.05) is 13.1 Å². The lowest BCUT2D eigenvalue weighted by Crippen LogP contribution is -2.41. The molecule has 0 spiro atoms. The van der Waals surface area contributed by atoms with Crippen molar-refractivity contribution < 1.29 is 17.7 Å². The van der Waals surface area contributed by atoms with E-state index in [1.165, 1.54) is 10.9 Å².